The first kappa shape index (κ1) is 17.5. The highest BCUT2D eigenvalue weighted by atomic mass is 35.5. The lowest BCUT2D eigenvalue weighted by atomic mass is 10.0. The summed E-state index contributed by atoms with van der Waals surface area (Å²) in [5, 5.41) is 3.51. The first-order valence-corrected chi connectivity index (χ1v) is 9.42. The molecule has 29 heavy (non-hydrogen) atoms. The first-order chi connectivity index (χ1) is 14.2. The van der Waals surface area contributed by atoms with Crippen molar-refractivity contribution in [1.29, 1.82) is 0 Å². The van der Waals surface area contributed by atoms with Crippen molar-refractivity contribution >= 4 is 23.2 Å². The maximum Gasteiger partial charge on any atom is 0.262 e. The fraction of sp³-hybridized carbons (Fsp3) is 0.0435. The molecular weight excluding hydrogens is 388 g/mol. The molecule has 142 valence electrons. The number of halogens is 1. The van der Waals surface area contributed by atoms with Crippen molar-refractivity contribution in [2.45, 2.75) is 0 Å². The van der Waals surface area contributed by atoms with Crippen LogP contribution in [0.4, 0.5) is 5.69 Å². The van der Waals surface area contributed by atoms with Gasteiger partial charge in [-0.1, -0.05) is 23.7 Å². The van der Waals surface area contributed by atoms with Crippen LogP contribution in [-0.4, -0.2) is 17.5 Å². The molecular formula is C23H15ClN2O3. The maximum absolute atomic E-state index is 11.7. The van der Waals surface area contributed by atoms with Crippen LogP contribution in [-0.2, 0) is 4.79 Å². The van der Waals surface area contributed by atoms with Gasteiger partial charge in [0.15, 0.2) is 6.61 Å². The average molecular weight is 403 g/mol. The van der Waals surface area contributed by atoms with Crippen molar-refractivity contribution < 1.29 is 13.9 Å². The van der Waals surface area contributed by atoms with Crippen molar-refractivity contribution in [3.8, 4) is 39.6 Å². The second-order valence-electron chi connectivity index (χ2n) is 6.66. The Hall–Kier alpha value is -3.57. The number of ether oxygens (including phenoxy) is 1. The zero-order chi connectivity index (χ0) is 19.8. The smallest absolute Gasteiger partial charge is 0.262 e. The number of nitrogens with zero attached hydrogens (tertiary/aromatic N) is 1. The fourth-order valence-electron chi connectivity index (χ4n) is 3.27. The van der Waals surface area contributed by atoms with E-state index in [9.17, 15) is 4.79 Å². The van der Waals surface area contributed by atoms with Crippen LogP contribution in [0.1, 0.15) is 0 Å². The van der Waals surface area contributed by atoms with Crippen LogP contribution < -0.4 is 10.1 Å². The van der Waals surface area contributed by atoms with Gasteiger partial charge in [0, 0.05) is 21.7 Å². The number of anilines is 1. The number of nitrogens with one attached hydrogen (secondary N) is 1. The molecule has 0 fully saturated rings. The molecule has 1 amide bonds. The highest BCUT2D eigenvalue weighted by Gasteiger charge is 2.17. The number of hydrogen-bond acceptors (Lipinski definition) is 4. The van der Waals surface area contributed by atoms with Crippen LogP contribution in [0.15, 0.2) is 77.4 Å². The number of rotatable bonds is 3. The summed E-state index contributed by atoms with van der Waals surface area (Å²) < 4.78 is 11.1. The molecule has 2 aromatic carbocycles. The summed E-state index contributed by atoms with van der Waals surface area (Å²) in [6.07, 6.45) is 1.64. The van der Waals surface area contributed by atoms with Gasteiger partial charge in [0.1, 0.15) is 11.5 Å². The molecule has 5 rings (SSSR count). The number of pyridine rings is 1. The molecule has 0 atom stereocenters. The Kier molecular flexibility index (Phi) is 4.30. The predicted molar refractivity (Wildman–Crippen MR) is 112 cm³/mol. The molecule has 1 aliphatic heterocycles. The van der Waals surface area contributed by atoms with E-state index in [1.807, 2.05) is 66.7 Å². The maximum atomic E-state index is 11.7. The van der Waals surface area contributed by atoms with Crippen molar-refractivity contribution in [1.82, 2.24) is 4.98 Å². The normalized spacial score (nSPS) is 12.8. The lowest BCUT2D eigenvalue weighted by Crippen LogP contribution is -2.25. The van der Waals surface area contributed by atoms with Crippen LogP contribution in [0.5, 0.6) is 5.75 Å². The van der Waals surface area contributed by atoms with Gasteiger partial charge in [0.05, 0.1) is 23.3 Å². The van der Waals surface area contributed by atoms with Gasteiger partial charge in [-0.3, -0.25) is 4.79 Å². The van der Waals surface area contributed by atoms with Gasteiger partial charge < -0.3 is 14.5 Å². The van der Waals surface area contributed by atoms with Gasteiger partial charge in [-0.15, -0.1) is 0 Å². The van der Waals surface area contributed by atoms with E-state index < -0.39 is 0 Å². The molecule has 0 aliphatic carbocycles. The predicted octanol–water partition coefficient (Wildman–Crippen LogP) is 5.66. The SMILES string of the molecule is O=C1COc2ccc(-c3cc(-c4ccco4)cc(-c4ccc(Cl)cc4)n3)cc2N1. The Bertz CT molecular complexity index is 1200. The monoisotopic (exact) mass is 402 g/mol. The van der Waals surface area contributed by atoms with E-state index in [0.717, 1.165) is 33.8 Å². The van der Waals surface area contributed by atoms with Crippen LogP contribution in [0.25, 0.3) is 33.8 Å². The van der Waals surface area contributed by atoms with E-state index >= 15 is 0 Å². The van der Waals surface area contributed by atoms with E-state index in [0.29, 0.717) is 16.5 Å². The molecule has 1 aliphatic rings. The summed E-state index contributed by atoms with van der Waals surface area (Å²) >= 11 is 6.04. The molecule has 0 saturated carbocycles. The number of aromatic nitrogens is 1. The number of fused-ring (bicyclic) bond motifs is 1. The van der Waals surface area contributed by atoms with Gasteiger partial charge in [0.2, 0.25) is 0 Å². The van der Waals surface area contributed by atoms with Crippen LogP contribution >= 0.6 is 11.6 Å². The second kappa shape index (κ2) is 7.11. The molecule has 0 spiro atoms. The van der Waals surface area contributed by atoms with Crippen LogP contribution in [0.3, 0.4) is 0 Å². The molecule has 0 saturated heterocycles. The molecule has 5 nitrogen and oxygen atoms in total. The summed E-state index contributed by atoms with van der Waals surface area (Å²) in [4.78, 5) is 16.5. The number of amides is 1. The van der Waals surface area contributed by atoms with E-state index in [4.69, 9.17) is 25.7 Å². The third kappa shape index (κ3) is 3.48. The first-order valence-electron chi connectivity index (χ1n) is 9.05. The van der Waals surface area contributed by atoms with Crippen molar-refractivity contribution in [2.24, 2.45) is 0 Å². The summed E-state index contributed by atoms with van der Waals surface area (Å²) in [6.45, 7) is 0.0271. The van der Waals surface area contributed by atoms with E-state index in [1.54, 1.807) is 6.26 Å². The quantitative estimate of drug-likeness (QED) is 0.480. The lowest BCUT2D eigenvalue weighted by Gasteiger charge is -2.18. The molecule has 2 aromatic heterocycles. The Morgan fingerprint density at radius 1 is 0.897 bits per heavy atom. The lowest BCUT2D eigenvalue weighted by molar-refractivity contribution is -0.118. The molecule has 0 radical (unpaired) electrons. The third-order valence-corrected chi connectivity index (χ3v) is 4.93. The molecule has 4 aromatic rings. The number of carbonyl (C=O) groups is 1. The summed E-state index contributed by atoms with van der Waals surface area (Å²) in [6, 6.07) is 20.9. The zero-order valence-electron chi connectivity index (χ0n) is 15.2. The highest BCUT2D eigenvalue weighted by molar-refractivity contribution is 6.30. The second-order valence-corrected chi connectivity index (χ2v) is 7.09. The van der Waals surface area contributed by atoms with E-state index in [2.05, 4.69) is 5.32 Å². The number of hydrogen-bond donors (Lipinski definition) is 1. The van der Waals surface area contributed by atoms with E-state index in [1.165, 1.54) is 0 Å². The summed E-state index contributed by atoms with van der Waals surface area (Å²) in [5.41, 5.74) is 4.90. The minimum atomic E-state index is -0.172. The van der Waals surface area contributed by atoms with E-state index in [-0.39, 0.29) is 12.5 Å². The Morgan fingerprint density at radius 2 is 1.66 bits per heavy atom. The van der Waals surface area contributed by atoms with Gasteiger partial charge in [-0.05, 0) is 54.6 Å². The molecule has 3 heterocycles. The van der Waals surface area contributed by atoms with Crippen molar-refractivity contribution in [2.75, 3.05) is 11.9 Å². The molecule has 0 bridgehead atoms. The minimum absolute atomic E-state index is 0.0271. The van der Waals surface area contributed by atoms with Crippen molar-refractivity contribution in [3.63, 3.8) is 0 Å². The summed E-state index contributed by atoms with van der Waals surface area (Å²) in [7, 11) is 0. The third-order valence-electron chi connectivity index (χ3n) is 4.68. The molecule has 1 N–H and O–H groups in total. The molecule has 6 heteroatoms. The van der Waals surface area contributed by atoms with Gasteiger partial charge >= 0.3 is 0 Å². The number of furan rings is 1. The fourth-order valence-corrected chi connectivity index (χ4v) is 3.40. The van der Waals surface area contributed by atoms with Gasteiger partial charge in [0.25, 0.3) is 5.91 Å². The highest BCUT2D eigenvalue weighted by Crippen LogP contribution is 2.35. The van der Waals surface area contributed by atoms with Gasteiger partial charge in [-0.25, -0.2) is 4.98 Å². The summed E-state index contributed by atoms with van der Waals surface area (Å²) in [5.74, 6) is 1.22. The number of carbonyl (C=O) groups excluding carboxylic acids is 1. The topological polar surface area (TPSA) is 64.4 Å². The number of benzene rings is 2. The minimum Gasteiger partial charge on any atom is -0.482 e. The largest absolute Gasteiger partial charge is 0.482 e. The Morgan fingerprint density at radius 3 is 2.41 bits per heavy atom. The zero-order valence-corrected chi connectivity index (χ0v) is 15.9. The van der Waals surface area contributed by atoms with Crippen molar-refractivity contribution in [3.05, 3.63) is 78.0 Å². The Balaban J connectivity index is 1.65. The van der Waals surface area contributed by atoms with Crippen LogP contribution in [0.2, 0.25) is 5.02 Å². The Labute approximate surface area is 171 Å². The van der Waals surface area contributed by atoms with Crippen LogP contribution in [0, 0.1) is 0 Å². The standard InChI is InChI=1S/C23H15ClN2O3/c24-17-6-3-14(4-7-17)18-11-16(21-2-1-9-28-21)12-19(25-18)15-5-8-22-20(10-15)26-23(27)13-29-22/h1-12H,13H2,(H,26,27). The average Bonchev–Trinajstić information content (AvgIpc) is 3.28. The molecule has 0 unspecified atom stereocenters. The van der Waals surface area contributed by atoms with Gasteiger partial charge in [-0.2, -0.15) is 0 Å².